The van der Waals surface area contributed by atoms with Gasteiger partial charge in [-0.3, -0.25) is 0 Å². The van der Waals surface area contributed by atoms with Crippen LogP contribution in [0, 0.1) is 17.8 Å². The van der Waals surface area contributed by atoms with E-state index in [1.54, 1.807) is 12.4 Å². The van der Waals surface area contributed by atoms with Crippen LogP contribution in [-0.4, -0.2) is 36.1 Å². The minimum atomic E-state index is -0.233. The van der Waals surface area contributed by atoms with Crippen molar-refractivity contribution in [2.75, 3.05) is 13.2 Å². The number of nitrogens with one attached hydrogen (secondary N) is 1. The topological polar surface area (TPSA) is 78.6 Å². The summed E-state index contributed by atoms with van der Waals surface area (Å²) in [4.78, 5) is 4.50. The summed E-state index contributed by atoms with van der Waals surface area (Å²) in [6.07, 6.45) is 9.09. The Morgan fingerprint density at radius 1 is 1.46 bits per heavy atom. The van der Waals surface area contributed by atoms with Gasteiger partial charge < -0.3 is 25.3 Å². The van der Waals surface area contributed by atoms with E-state index in [2.05, 4.69) is 22.1 Å². The maximum atomic E-state index is 6.27. The Labute approximate surface area is 166 Å². The van der Waals surface area contributed by atoms with E-state index in [0.29, 0.717) is 36.2 Å². The second-order valence-electron chi connectivity index (χ2n) is 8.18. The first-order chi connectivity index (χ1) is 13.5. The van der Waals surface area contributed by atoms with E-state index >= 15 is 0 Å². The molecular weight excluding hydrogens is 354 g/mol. The highest BCUT2D eigenvalue weighted by atomic mass is 16.7. The SMILES string of the molecule is CC(C)Oc1cc(C#CC2CC2)cnc1/C(N)=C/NCC1OCC2(CCC2)O1. The largest absolute Gasteiger partial charge is 0.489 e. The third-order valence-electron chi connectivity index (χ3n) is 5.21. The number of aromatic nitrogens is 1. The molecule has 1 aliphatic heterocycles. The first kappa shape index (κ1) is 19.1. The van der Waals surface area contributed by atoms with Crippen LogP contribution in [0.1, 0.15) is 57.2 Å². The Bertz CT molecular complexity index is 801. The van der Waals surface area contributed by atoms with E-state index in [9.17, 15) is 0 Å². The lowest BCUT2D eigenvalue weighted by Gasteiger charge is -2.35. The molecule has 3 aliphatic rings. The Morgan fingerprint density at radius 2 is 2.29 bits per heavy atom. The summed E-state index contributed by atoms with van der Waals surface area (Å²) >= 11 is 0. The van der Waals surface area contributed by atoms with Crippen LogP contribution >= 0.6 is 0 Å². The third kappa shape index (κ3) is 4.60. The molecule has 6 heteroatoms. The van der Waals surface area contributed by atoms with Crippen LogP contribution < -0.4 is 15.8 Å². The first-order valence-corrected chi connectivity index (χ1v) is 10.2. The zero-order chi connectivity index (χ0) is 19.6. The van der Waals surface area contributed by atoms with Crippen molar-refractivity contribution >= 4 is 5.70 Å². The standard InChI is InChI=1S/C22H29N3O3/c1-15(2)27-19-10-17(7-6-16-4-5-16)11-25-21(19)18(23)12-24-13-20-26-14-22(28-20)8-3-9-22/h10-12,15-16,20,24H,3-5,8-9,13-14,23H2,1-2H3/b18-12-. The number of hydrogen-bond donors (Lipinski definition) is 2. The van der Waals surface area contributed by atoms with Crippen LogP contribution in [0.4, 0.5) is 0 Å². The normalized spacial score (nSPS) is 23.2. The minimum absolute atomic E-state index is 0.0203. The van der Waals surface area contributed by atoms with Gasteiger partial charge in [-0.25, -0.2) is 4.98 Å². The van der Waals surface area contributed by atoms with Crippen molar-refractivity contribution in [3.8, 4) is 17.6 Å². The molecular formula is C22H29N3O3. The lowest BCUT2D eigenvalue weighted by molar-refractivity contribution is -0.112. The fourth-order valence-corrected chi connectivity index (χ4v) is 3.35. The zero-order valence-corrected chi connectivity index (χ0v) is 16.7. The molecule has 6 nitrogen and oxygen atoms in total. The van der Waals surface area contributed by atoms with E-state index in [4.69, 9.17) is 19.9 Å². The van der Waals surface area contributed by atoms with E-state index in [0.717, 1.165) is 18.4 Å². The summed E-state index contributed by atoms with van der Waals surface area (Å²) in [6, 6.07) is 1.92. The predicted octanol–water partition coefficient (Wildman–Crippen LogP) is 2.77. The maximum absolute atomic E-state index is 6.27. The predicted molar refractivity (Wildman–Crippen MR) is 107 cm³/mol. The van der Waals surface area contributed by atoms with Gasteiger partial charge in [-0.15, -0.1) is 0 Å². The average molecular weight is 383 g/mol. The second kappa shape index (κ2) is 8.02. The van der Waals surface area contributed by atoms with Gasteiger partial charge in [0, 0.05) is 23.9 Å². The molecule has 1 spiro atoms. The van der Waals surface area contributed by atoms with Gasteiger partial charge in [-0.1, -0.05) is 11.8 Å². The van der Waals surface area contributed by atoms with Crippen molar-refractivity contribution in [3.63, 3.8) is 0 Å². The van der Waals surface area contributed by atoms with Crippen LogP contribution in [0.25, 0.3) is 5.70 Å². The van der Waals surface area contributed by atoms with Crippen molar-refractivity contribution < 1.29 is 14.2 Å². The molecule has 0 amide bonds. The van der Waals surface area contributed by atoms with Gasteiger partial charge in [0.2, 0.25) is 0 Å². The summed E-state index contributed by atoms with van der Waals surface area (Å²) in [6.45, 7) is 5.20. The van der Waals surface area contributed by atoms with Crippen molar-refractivity contribution in [3.05, 3.63) is 29.7 Å². The van der Waals surface area contributed by atoms with E-state index < -0.39 is 0 Å². The highest BCUT2D eigenvalue weighted by Gasteiger charge is 2.45. The van der Waals surface area contributed by atoms with Gasteiger partial charge in [0.05, 0.1) is 30.6 Å². The van der Waals surface area contributed by atoms with Crippen LogP contribution in [-0.2, 0) is 9.47 Å². The van der Waals surface area contributed by atoms with Crippen molar-refractivity contribution in [1.82, 2.24) is 10.3 Å². The quantitative estimate of drug-likeness (QED) is 0.736. The fraction of sp³-hybridized carbons (Fsp3) is 0.591. The molecule has 1 aromatic rings. The fourth-order valence-electron chi connectivity index (χ4n) is 3.35. The monoisotopic (exact) mass is 383 g/mol. The van der Waals surface area contributed by atoms with Gasteiger partial charge in [0.25, 0.3) is 0 Å². The minimum Gasteiger partial charge on any atom is -0.489 e. The summed E-state index contributed by atoms with van der Waals surface area (Å²) in [5, 5.41) is 3.19. The highest BCUT2D eigenvalue weighted by Crippen LogP contribution is 2.40. The van der Waals surface area contributed by atoms with Gasteiger partial charge in [-0.05, 0) is 52.0 Å². The van der Waals surface area contributed by atoms with Crippen molar-refractivity contribution in [2.24, 2.45) is 11.7 Å². The molecule has 2 aliphatic carbocycles. The molecule has 1 aromatic heterocycles. The second-order valence-corrected chi connectivity index (χ2v) is 8.18. The molecule has 3 fully saturated rings. The van der Waals surface area contributed by atoms with Gasteiger partial charge in [-0.2, -0.15) is 0 Å². The number of hydrogen-bond acceptors (Lipinski definition) is 6. The van der Waals surface area contributed by atoms with E-state index in [-0.39, 0.29) is 18.0 Å². The van der Waals surface area contributed by atoms with E-state index in [1.807, 2.05) is 19.9 Å². The lowest BCUT2D eigenvalue weighted by atomic mass is 9.81. The molecule has 3 N–H and O–H groups in total. The van der Waals surface area contributed by atoms with Crippen molar-refractivity contribution in [2.45, 2.75) is 63.9 Å². The summed E-state index contributed by atoms with van der Waals surface area (Å²) in [5.41, 5.74) is 8.21. The number of pyridine rings is 1. The van der Waals surface area contributed by atoms with Crippen molar-refractivity contribution in [1.29, 1.82) is 0 Å². The van der Waals surface area contributed by atoms with Crippen LogP contribution in [0.2, 0.25) is 0 Å². The van der Waals surface area contributed by atoms with Gasteiger partial charge in [0.15, 0.2) is 6.29 Å². The van der Waals surface area contributed by atoms with Crippen LogP contribution in [0.5, 0.6) is 5.75 Å². The maximum Gasteiger partial charge on any atom is 0.175 e. The zero-order valence-electron chi connectivity index (χ0n) is 16.7. The highest BCUT2D eigenvalue weighted by molar-refractivity contribution is 5.65. The average Bonchev–Trinajstić information content (AvgIpc) is 3.36. The molecule has 0 bridgehead atoms. The Hall–Kier alpha value is -2.23. The Balaban J connectivity index is 1.40. The smallest absolute Gasteiger partial charge is 0.175 e. The van der Waals surface area contributed by atoms with Crippen LogP contribution in [0.3, 0.4) is 0 Å². The number of nitrogens with two attached hydrogens (primary N) is 1. The summed E-state index contributed by atoms with van der Waals surface area (Å²) < 4.78 is 17.7. The first-order valence-electron chi connectivity index (χ1n) is 10.2. The molecule has 1 saturated heterocycles. The Kier molecular flexibility index (Phi) is 5.47. The summed E-state index contributed by atoms with van der Waals surface area (Å²) in [5.74, 6) is 7.63. The molecule has 0 radical (unpaired) electrons. The number of rotatable bonds is 6. The molecule has 0 aromatic carbocycles. The molecule has 4 rings (SSSR count). The van der Waals surface area contributed by atoms with Gasteiger partial charge in [0.1, 0.15) is 11.4 Å². The molecule has 2 saturated carbocycles. The third-order valence-corrected chi connectivity index (χ3v) is 5.21. The van der Waals surface area contributed by atoms with E-state index in [1.165, 1.54) is 19.3 Å². The molecule has 28 heavy (non-hydrogen) atoms. The molecule has 150 valence electrons. The number of nitrogens with zero attached hydrogens (tertiary/aromatic N) is 1. The Morgan fingerprint density at radius 3 is 2.93 bits per heavy atom. The lowest BCUT2D eigenvalue weighted by Crippen LogP contribution is -2.40. The van der Waals surface area contributed by atoms with Gasteiger partial charge >= 0.3 is 0 Å². The molecule has 2 heterocycles. The number of ether oxygens (including phenoxy) is 3. The molecule has 1 unspecified atom stereocenters. The summed E-state index contributed by atoms with van der Waals surface area (Å²) in [7, 11) is 0. The van der Waals surface area contributed by atoms with Crippen LogP contribution in [0.15, 0.2) is 18.5 Å². The molecule has 1 atom stereocenters.